The summed E-state index contributed by atoms with van der Waals surface area (Å²) in [5.74, 6) is 0.472. The molecule has 1 rings (SSSR count). The number of hydrogen-bond donors (Lipinski definition) is 0. The molecule has 0 unspecified atom stereocenters. The van der Waals surface area contributed by atoms with Crippen LogP contribution in [-0.2, 0) is 14.9 Å². The van der Waals surface area contributed by atoms with Gasteiger partial charge in [-0.25, -0.2) is 8.42 Å². The molecule has 0 N–H and O–H groups in total. The Kier molecular flexibility index (Phi) is 10.8. The molecule has 9 heteroatoms. The van der Waals surface area contributed by atoms with E-state index in [0.29, 0.717) is 5.78 Å². The van der Waals surface area contributed by atoms with Gasteiger partial charge in [0.15, 0.2) is 10.1 Å². The van der Waals surface area contributed by atoms with E-state index in [-0.39, 0.29) is 0 Å². The number of ketones is 1. The zero-order valence-electron chi connectivity index (χ0n) is 15.1. The molecule has 150 valence electrons. The van der Waals surface area contributed by atoms with E-state index in [0.717, 1.165) is 30.4 Å². The molecule has 0 radical (unpaired) electrons. The SMILES string of the molecule is CCCCCCCCC[N+]1(C)CCC(=O)CC1.O=S(=O)([O-])C(F)(F)F. The molecule has 1 aliphatic rings. The van der Waals surface area contributed by atoms with Crippen LogP contribution in [0.1, 0.15) is 64.7 Å². The third kappa shape index (κ3) is 11.5. The van der Waals surface area contributed by atoms with Gasteiger partial charge in [0.05, 0.1) is 39.5 Å². The molecule has 1 aliphatic heterocycles. The van der Waals surface area contributed by atoms with Crippen molar-refractivity contribution in [3.8, 4) is 0 Å². The van der Waals surface area contributed by atoms with E-state index in [4.69, 9.17) is 13.0 Å². The molecule has 25 heavy (non-hydrogen) atoms. The van der Waals surface area contributed by atoms with Crippen LogP contribution in [0.4, 0.5) is 13.2 Å². The summed E-state index contributed by atoms with van der Waals surface area (Å²) in [6.45, 7) is 5.70. The smallest absolute Gasteiger partial charge is 0.485 e. The molecule has 0 spiro atoms. The van der Waals surface area contributed by atoms with Crippen molar-refractivity contribution >= 4 is 15.9 Å². The Hall–Kier alpha value is -0.670. The van der Waals surface area contributed by atoms with Crippen LogP contribution in [0.2, 0.25) is 0 Å². The van der Waals surface area contributed by atoms with Crippen LogP contribution in [0.15, 0.2) is 0 Å². The Morgan fingerprint density at radius 1 is 1.00 bits per heavy atom. The summed E-state index contributed by atoms with van der Waals surface area (Å²) >= 11 is 0. The van der Waals surface area contributed by atoms with Crippen LogP contribution in [-0.4, -0.2) is 55.4 Å². The second-order valence-corrected chi connectivity index (χ2v) is 8.22. The van der Waals surface area contributed by atoms with Crippen molar-refractivity contribution in [2.75, 3.05) is 26.7 Å². The quantitative estimate of drug-likeness (QED) is 0.275. The van der Waals surface area contributed by atoms with Gasteiger partial charge < -0.3 is 9.04 Å². The van der Waals surface area contributed by atoms with Crippen LogP contribution in [0.25, 0.3) is 0 Å². The maximum Gasteiger partial charge on any atom is 0.485 e. The number of rotatable bonds is 8. The molecule has 0 aromatic carbocycles. The number of carbonyl (C=O) groups is 1. The number of unbranched alkanes of at least 4 members (excludes halogenated alkanes) is 6. The minimum Gasteiger partial charge on any atom is -0.741 e. The van der Waals surface area contributed by atoms with Crippen LogP contribution in [0.5, 0.6) is 0 Å². The molecule has 0 bridgehead atoms. The van der Waals surface area contributed by atoms with Gasteiger partial charge in [0.1, 0.15) is 5.78 Å². The largest absolute Gasteiger partial charge is 0.741 e. The number of carbonyl (C=O) groups excluding carboxylic acids is 1. The van der Waals surface area contributed by atoms with Crippen molar-refractivity contribution in [1.29, 1.82) is 0 Å². The molecule has 0 amide bonds. The van der Waals surface area contributed by atoms with Gasteiger partial charge in [-0.3, -0.25) is 4.79 Å². The van der Waals surface area contributed by atoms with Gasteiger partial charge in [-0.15, -0.1) is 0 Å². The minimum atomic E-state index is -6.09. The fourth-order valence-corrected chi connectivity index (χ4v) is 2.70. The van der Waals surface area contributed by atoms with Gasteiger partial charge in [-0.05, 0) is 12.8 Å². The summed E-state index contributed by atoms with van der Waals surface area (Å²) in [6, 6.07) is 0. The van der Waals surface area contributed by atoms with Crippen LogP contribution < -0.4 is 0 Å². The fourth-order valence-electron chi connectivity index (χ4n) is 2.70. The number of likely N-dealkylation sites (tertiary alicyclic amines) is 1. The lowest BCUT2D eigenvalue weighted by atomic mass is 10.1. The van der Waals surface area contributed by atoms with Crippen molar-refractivity contribution in [3.63, 3.8) is 0 Å². The number of alkyl halides is 3. The summed E-state index contributed by atoms with van der Waals surface area (Å²) in [4.78, 5) is 11.2. The summed E-state index contributed by atoms with van der Waals surface area (Å²) < 4.78 is 60.0. The Morgan fingerprint density at radius 2 is 1.40 bits per heavy atom. The third-order valence-electron chi connectivity index (χ3n) is 4.45. The Bertz CT molecular complexity index is 482. The molecule has 0 atom stereocenters. The van der Waals surface area contributed by atoms with Gasteiger partial charge in [0.25, 0.3) is 0 Å². The average molecular weight is 389 g/mol. The summed E-state index contributed by atoms with van der Waals surface area (Å²) in [6.07, 6.45) is 11.3. The minimum absolute atomic E-state index is 0.472. The first-order valence-electron chi connectivity index (χ1n) is 8.79. The highest BCUT2D eigenvalue weighted by Crippen LogP contribution is 2.20. The number of piperidine rings is 1. The Balaban J connectivity index is 0.000000609. The number of Topliss-reactive ketones (excluding diaryl/α,β-unsaturated/α-hetero) is 1. The molecule has 0 saturated carbocycles. The number of hydrogen-bond acceptors (Lipinski definition) is 4. The predicted molar refractivity (Wildman–Crippen MR) is 88.8 cm³/mol. The van der Waals surface area contributed by atoms with E-state index in [1.165, 1.54) is 51.5 Å². The highest BCUT2D eigenvalue weighted by atomic mass is 32.2. The number of halogens is 3. The van der Waals surface area contributed by atoms with E-state index < -0.39 is 15.6 Å². The summed E-state index contributed by atoms with van der Waals surface area (Å²) in [5.41, 5.74) is -5.65. The molecule has 1 heterocycles. The van der Waals surface area contributed by atoms with E-state index in [9.17, 15) is 18.0 Å². The number of quaternary nitrogens is 1. The first kappa shape index (κ1) is 24.3. The van der Waals surface area contributed by atoms with Gasteiger partial charge in [-0.2, -0.15) is 13.2 Å². The van der Waals surface area contributed by atoms with Crippen molar-refractivity contribution < 1.29 is 35.4 Å². The second kappa shape index (κ2) is 11.1. The second-order valence-electron chi connectivity index (χ2n) is 6.85. The first-order valence-corrected chi connectivity index (χ1v) is 10.2. The fraction of sp³-hybridized carbons (Fsp3) is 0.938. The topological polar surface area (TPSA) is 74.3 Å². The predicted octanol–water partition coefficient (Wildman–Crippen LogP) is 3.60. The van der Waals surface area contributed by atoms with Crippen molar-refractivity contribution in [2.24, 2.45) is 0 Å². The van der Waals surface area contributed by atoms with E-state index in [1.54, 1.807) is 0 Å². The Labute approximate surface area is 148 Å². The molecule has 0 aromatic heterocycles. The zero-order chi connectivity index (χ0) is 19.6. The maximum atomic E-state index is 11.2. The third-order valence-corrected chi connectivity index (χ3v) is 5.01. The highest BCUT2D eigenvalue weighted by molar-refractivity contribution is 7.86. The Morgan fingerprint density at radius 3 is 1.80 bits per heavy atom. The van der Waals surface area contributed by atoms with E-state index in [1.807, 2.05) is 0 Å². The molecular weight excluding hydrogens is 359 g/mol. The molecule has 5 nitrogen and oxygen atoms in total. The lowest BCUT2D eigenvalue weighted by molar-refractivity contribution is -0.911. The maximum absolute atomic E-state index is 11.2. The lowest BCUT2D eigenvalue weighted by Gasteiger charge is -2.37. The molecular formula is C16H30F3NO4S. The molecule has 1 saturated heterocycles. The standard InChI is InChI=1S/C15H30NO.CHF3O3S/c1-3-4-5-6-7-8-9-12-16(2)13-10-15(17)11-14-16;2-1(3,4)8(5,6)7/h3-14H2,1-2H3;(H,5,6,7)/q+1;/p-1. The lowest BCUT2D eigenvalue weighted by Crippen LogP contribution is -2.50. The first-order chi connectivity index (χ1) is 11.4. The van der Waals surface area contributed by atoms with Crippen LogP contribution in [0, 0.1) is 0 Å². The molecule has 0 aliphatic carbocycles. The molecule has 1 fully saturated rings. The van der Waals surface area contributed by atoms with Gasteiger partial charge in [0, 0.05) is 0 Å². The van der Waals surface area contributed by atoms with Gasteiger partial charge in [0.2, 0.25) is 0 Å². The zero-order valence-corrected chi connectivity index (χ0v) is 15.9. The van der Waals surface area contributed by atoms with Crippen LogP contribution in [0.3, 0.4) is 0 Å². The van der Waals surface area contributed by atoms with Gasteiger partial charge in [-0.1, -0.05) is 39.0 Å². The van der Waals surface area contributed by atoms with Crippen LogP contribution >= 0.6 is 0 Å². The number of nitrogens with zero attached hydrogens (tertiary/aromatic N) is 1. The summed E-state index contributed by atoms with van der Waals surface area (Å²) in [5, 5.41) is 0. The van der Waals surface area contributed by atoms with E-state index >= 15 is 0 Å². The average Bonchev–Trinajstić information content (AvgIpc) is 2.48. The summed E-state index contributed by atoms with van der Waals surface area (Å²) in [7, 11) is -3.77. The molecule has 0 aromatic rings. The van der Waals surface area contributed by atoms with Gasteiger partial charge >= 0.3 is 5.51 Å². The monoisotopic (exact) mass is 389 g/mol. The van der Waals surface area contributed by atoms with Crippen molar-refractivity contribution in [3.05, 3.63) is 0 Å². The van der Waals surface area contributed by atoms with Crippen molar-refractivity contribution in [1.82, 2.24) is 0 Å². The normalized spacial score (nSPS) is 17.8. The highest BCUT2D eigenvalue weighted by Gasteiger charge is 2.36. The van der Waals surface area contributed by atoms with E-state index in [2.05, 4.69) is 14.0 Å². The van der Waals surface area contributed by atoms with Crippen molar-refractivity contribution in [2.45, 2.75) is 70.2 Å².